The smallest absolute Gasteiger partial charge is 0.262 e. The Bertz CT molecular complexity index is 474. The molecule has 0 heterocycles. The van der Waals surface area contributed by atoms with Gasteiger partial charge >= 0.3 is 0 Å². The van der Waals surface area contributed by atoms with Crippen LogP contribution in [0.1, 0.15) is 12.5 Å². The Morgan fingerprint density at radius 1 is 1.59 bits per heavy atom. The van der Waals surface area contributed by atoms with Gasteiger partial charge in [-0.3, -0.25) is 15.5 Å². The van der Waals surface area contributed by atoms with Crippen molar-refractivity contribution >= 4 is 39.7 Å². The zero-order valence-electron chi connectivity index (χ0n) is 9.34. The molecule has 90 valence electrons. The van der Waals surface area contributed by atoms with E-state index >= 15 is 0 Å². The van der Waals surface area contributed by atoms with Crippen molar-refractivity contribution in [3.63, 3.8) is 0 Å². The number of thiocarbonyl (C=S) groups is 1. The number of benzene rings is 1. The van der Waals surface area contributed by atoms with Crippen molar-refractivity contribution in [3.8, 4) is 0 Å². The highest BCUT2D eigenvalue weighted by Gasteiger charge is 2.07. The number of nitro benzene ring substituents is 1. The summed E-state index contributed by atoms with van der Waals surface area (Å²) in [6.07, 6.45) is 1.84. The van der Waals surface area contributed by atoms with E-state index in [4.69, 9.17) is 12.2 Å². The first-order chi connectivity index (χ1) is 8.04. The van der Waals surface area contributed by atoms with Gasteiger partial charge in [0.05, 0.1) is 10.6 Å². The van der Waals surface area contributed by atoms with Gasteiger partial charge in [0.1, 0.15) is 0 Å². The Morgan fingerprint density at radius 3 is 2.88 bits per heavy atom. The lowest BCUT2D eigenvalue weighted by Gasteiger charge is -2.02. The number of nitro groups is 1. The quantitative estimate of drug-likeness (QED) is 0.395. The second kappa shape index (κ2) is 6.31. The molecule has 0 aromatic heterocycles. The molecule has 1 N–H and O–H groups in total. The number of non-ortho nitro benzene ring substituents is 1. The van der Waals surface area contributed by atoms with E-state index in [2.05, 4.69) is 10.5 Å². The van der Waals surface area contributed by atoms with E-state index in [-0.39, 0.29) is 5.69 Å². The van der Waals surface area contributed by atoms with Gasteiger partial charge in [0.2, 0.25) is 0 Å². The van der Waals surface area contributed by atoms with Gasteiger partial charge in [0.15, 0.2) is 4.32 Å². The van der Waals surface area contributed by atoms with Crippen LogP contribution in [0.25, 0.3) is 0 Å². The van der Waals surface area contributed by atoms with E-state index in [1.165, 1.54) is 23.9 Å². The minimum Gasteiger partial charge on any atom is -0.262 e. The fourth-order valence-electron chi connectivity index (χ4n) is 1.08. The number of thioether (sulfide) groups is 1. The molecule has 0 radical (unpaired) electrons. The Balaban J connectivity index is 2.88. The molecule has 0 saturated carbocycles. The van der Waals surface area contributed by atoms with Crippen LogP contribution in [0.5, 0.6) is 0 Å². The number of hydrogen-bond donors (Lipinski definition) is 1. The molecule has 0 fully saturated rings. The summed E-state index contributed by atoms with van der Waals surface area (Å²) in [6, 6.07) is 6.30. The van der Waals surface area contributed by atoms with Crippen molar-refractivity contribution in [2.24, 2.45) is 5.10 Å². The summed E-state index contributed by atoms with van der Waals surface area (Å²) in [5.74, 6) is 0. The zero-order chi connectivity index (χ0) is 12.8. The molecule has 0 aliphatic carbocycles. The largest absolute Gasteiger partial charge is 0.270 e. The van der Waals surface area contributed by atoms with Crippen molar-refractivity contribution in [3.05, 3.63) is 39.9 Å². The summed E-state index contributed by atoms with van der Waals surface area (Å²) in [5.41, 5.74) is 4.07. The van der Waals surface area contributed by atoms with Crippen molar-refractivity contribution in [2.75, 3.05) is 6.26 Å². The molecule has 0 saturated heterocycles. The zero-order valence-corrected chi connectivity index (χ0v) is 11.0. The first kappa shape index (κ1) is 13.6. The Kier molecular flexibility index (Phi) is 5.05. The van der Waals surface area contributed by atoms with Gasteiger partial charge in [-0.05, 0) is 13.2 Å². The number of rotatable bonds is 3. The van der Waals surface area contributed by atoms with E-state index in [0.29, 0.717) is 15.6 Å². The lowest BCUT2D eigenvalue weighted by molar-refractivity contribution is -0.384. The van der Waals surface area contributed by atoms with E-state index in [1.807, 2.05) is 6.26 Å². The molecule has 1 aromatic carbocycles. The van der Waals surface area contributed by atoms with Gasteiger partial charge in [-0.2, -0.15) is 5.10 Å². The van der Waals surface area contributed by atoms with Crippen molar-refractivity contribution in [1.82, 2.24) is 5.43 Å². The first-order valence-corrected chi connectivity index (χ1v) is 6.31. The molecule has 0 aliphatic rings. The highest BCUT2D eigenvalue weighted by Crippen LogP contribution is 2.13. The molecule has 0 unspecified atom stereocenters. The normalized spacial score (nSPS) is 11.1. The summed E-state index contributed by atoms with van der Waals surface area (Å²) in [6.45, 7) is 1.76. The summed E-state index contributed by atoms with van der Waals surface area (Å²) in [5, 5.41) is 14.7. The minimum absolute atomic E-state index is 0.0458. The highest BCUT2D eigenvalue weighted by atomic mass is 32.2. The molecular formula is C10H11N3O2S2. The van der Waals surface area contributed by atoms with E-state index in [0.717, 1.165) is 0 Å². The maximum atomic E-state index is 10.6. The van der Waals surface area contributed by atoms with Gasteiger partial charge < -0.3 is 0 Å². The van der Waals surface area contributed by atoms with Gasteiger partial charge in [-0.15, -0.1) is 0 Å². The average molecular weight is 269 g/mol. The fraction of sp³-hybridized carbons (Fsp3) is 0.200. The van der Waals surface area contributed by atoms with Crippen LogP contribution >= 0.6 is 24.0 Å². The summed E-state index contributed by atoms with van der Waals surface area (Å²) >= 11 is 6.30. The molecular weight excluding hydrogens is 258 g/mol. The molecule has 0 atom stereocenters. The number of hydrazone groups is 1. The molecule has 7 heteroatoms. The summed E-state index contributed by atoms with van der Waals surface area (Å²) in [4.78, 5) is 10.2. The fourth-order valence-corrected chi connectivity index (χ4v) is 1.27. The van der Waals surface area contributed by atoms with Gasteiger partial charge in [0.25, 0.3) is 5.69 Å². The maximum absolute atomic E-state index is 10.6. The van der Waals surface area contributed by atoms with Crippen LogP contribution in [0.3, 0.4) is 0 Å². The van der Waals surface area contributed by atoms with Crippen molar-refractivity contribution < 1.29 is 4.92 Å². The standard InChI is InChI=1S/C10H11N3O2S2/c1-7(11-12-10(16)17-2)8-4-3-5-9(6-8)13(14)15/h3-6H,1-2H3,(H,12,16). The first-order valence-electron chi connectivity index (χ1n) is 4.67. The van der Waals surface area contributed by atoms with Gasteiger partial charge in [-0.1, -0.05) is 36.1 Å². The second-order valence-corrected chi connectivity index (χ2v) is 4.59. The molecule has 1 aromatic rings. The second-order valence-electron chi connectivity index (χ2n) is 3.11. The predicted octanol–water partition coefficient (Wildman–Crippen LogP) is 2.56. The monoisotopic (exact) mass is 269 g/mol. The highest BCUT2D eigenvalue weighted by molar-refractivity contribution is 8.22. The maximum Gasteiger partial charge on any atom is 0.270 e. The molecule has 1 rings (SSSR count). The van der Waals surface area contributed by atoms with Gasteiger partial charge in [0, 0.05) is 17.7 Å². The van der Waals surface area contributed by atoms with E-state index in [1.54, 1.807) is 19.1 Å². The Hall–Kier alpha value is -1.47. The van der Waals surface area contributed by atoms with Crippen LogP contribution < -0.4 is 5.43 Å². The third kappa shape index (κ3) is 4.12. The number of nitrogens with zero attached hydrogens (tertiary/aromatic N) is 2. The molecule has 5 nitrogen and oxygen atoms in total. The topological polar surface area (TPSA) is 67.5 Å². The van der Waals surface area contributed by atoms with Crippen molar-refractivity contribution in [1.29, 1.82) is 0 Å². The summed E-state index contributed by atoms with van der Waals surface area (Å²) in [7, 11) is 0. The van der Waals surface area contributed by atoms with Crippen LogP contribution in [0.2, 0.25) is 0 Å². The lowest BCUT2D eigenvalue weighted by atomic mass is 10.1. The average Bonchev–Trinajstić information content (AvgIpc) is 2.35. The predicted molar refractivity (Wildman–Crippen MR) is 74.6 cm³/mol. The third-order valence-electron chi connectivity index (χ3n) is 1.98. The molecule has 0 bridgehead atoms. The van der Waals surface area contributed by atoms with Crippen LogP contribution in [-0.4, -0.2) is 21.2 Å². The van der Waals surface area contributed by atoms with E-state index < -0.39 is 4.92 Å². The Morgan fingerprint density at radius 2 is 2.29 bits per heavy atom. The molecule has 0 spiro atoms. The van der Waals surface area contributed by atoms with E-state index in [9.17, 15) is 10.1 Å². The number of hydrogen-bond acceptors (Lipinski definition) is 5. The molecule has 0 amide bonds. The van der Waals surface area contributed by atoms with Crippen LogP contribution in [0.15, 0.2) is 29.4 Å². The third-order valence-corrected chi connectivity index (χ3v) is 3.03. The van der Waals surface area contributed by atoms with Gasteiger partial charge in [-0.25, -0.2) is 0 Å². The van der Waals surface area contributed by atoms with Crippen LogP contribution in [0, 0.1) is 10.1 Å². The van der Waals surface area contributed by atoms with Crippen LogP contribution in [0.4, 0.5) is 5.69 Å². The molecule has 0 aliphatic heterocycles. The van der Waals surface area contributed by atoms with Crippen LogP contribution in [-0.2, 0) is 0 Å². The molecule has 17 heavy (non-hydrogen) atoms. The SMILES string of the molecule is CSC(=S)NN=C(C)c1cccc([N+](=O)[O-])c1. The lowest BCUT2D eigenvalue weighted by Crippen LogP contribution is -2.13. The number of nitrogens with one attached hydrogen (secondary N) is 1. The summed E-state index contributed by atoms with van der Waals surface area (Å²) < 4.78 is 0.551. The van der Waals surface area contributed by atoms with Crippen molar-refractivity contribution in [2.45, 2.75) is 6.92 Å². The Labute approximate surface area is 108 Å². The minimum atomic E-state index is -0.434.